The van der Waals surface area contributed by atoms with Gasteiger partial charge >= 0.3 is 11.9 Å². The Labute approximate surface area is 256 Å². The number of esters is 2. The molecule has 222 valence electrons. The number of hydrogen-bond acceptors (Lipinski definition) is 10. The molecular formula is C32H27N5O6S. The van der Waals surface area contributed by atoms with Crippen LogP contribution in [0.1, 0.15) is 37.3 Å². The first kappa shape index (κ1) is 29.0. The molecule has 0 saturated carbocycles. The third kappa shape index (κ3) is 6.03. The van der Waals surface area contributed by atoms with Gasteiger partial charge in [-0.25, -0.2) is 24.5 Å². The number of nitrogens with zero attached hydrogens (tertiary/aromatic N) is 4. The number of rotatable bonds is 9. The SMILES string of the molecule is CS[C@H]1[C@@H](OC(=O)c2ccccc2)[C@H](COC(=O)c2ccccc2)O[C@@H]1n1cnc2ncnc(NC(=O)c3ccccc3)c21. The number of amides is 1. The Balaban J connectivity index is 1.32. The molecule has 1 fully saturated rings. The first-order valence-electron chi connectivity index (χ1n) is 13.7. The number of carbonyl (C=O) groups is 3. The van der Waals surface area contributed by atoms with E-state index in [9.17, 15) is 14.4 Å². The number of nitrogens with one attached hydrogen (secondary N) is 1. The molecule has 0 unspecified atom stereocenters. The van der Waals surface area contributed by atoms with Crippen molar-refractivity contribution in [1.82, 2.24) is 19.5 Å². The number of hydrogen-bond donors (Lipinski definition) is 1. The van der Waals surface area contributed by atoms with Crippen molar-refractivity contribution in [1.29, 1.82) is 0 Å². The highest BCUT2D eigenvalue weighted by molar-refractivity contribution is 7.99. The maximum Gasteiger partial charge on any atom is 0.338 e. The van der Waals surface area contributed by atoms with E-state index in [1.165, 1.54) is 18.1 Å². The summed E-state index contributed by atoms with van der Waals surface area (Å²) in [5.41, 5.74) is 1.98. The van der Waals surface area contributed by atoms with Crippen molar-refractivity contribution in [2.24, 2.45) is 0 Å². The van der Waals surface area contributed by atoms with Gasteiger partial charge < -0.3 is 19.5 Å². The molecule has 0 bridgehead atoms. The van der Waals surface area contributed by atoms with Gasteiger partial charge in [0, 0.05) is 5.56 Å². The van der Waals surface area contributed by atoms with Crippen LogP contribution in [-0.2, 0) is 14.2 Å². The molecule has 12 heteroatoms. The van der Waals surface area contributed by atoms with Crippen LogP contribution in [0.5, 0.6) is 0 Å². The molecule has 3 aromatic carbocycles. The van der Waals surface area contributed by atoms with E-state index in [4.69, 9.17) is 14.2 Å². The molecule has 11 nitrogen and oxygen atoms in total. The summed E-state index contributed by atoms with van der Waals surface area (Å²) in [7, 11) is 0. The van der Waals surface area contributed by atoms with Crippen LogP contribution in [0.25, 0.3) is 11.2 Å². The summed E-state index contributed by atoms with van der Waals surface area (Å²) in [4.78, 5) is 52.0. The maximum absolute atomic E-state index is 13.2. The lowest BCUT2D eigenvalue weighted by Gasteiger charge is -2.23. The van der Waals surface area contributed by atoms with Crippen molar-refractivity contribution in [3.63, 3.8) is 0 Å². The van der Waals surface area contributed by atoms with Crippen LogP contribution in [0, 0.1) is 0 Å². The van der Waals surface area contributed by atoms with E-state index in [0.29, 0.717) is 27.9 Å². The fourth-order valence-electron chi connectivity index (χ4n) is 4.97. The Morgan fingerprint density at radius 3 is 2.09 bits per heavy atom. The first-order chi connectivity index (χ1) is 21.5. The molecular weight excluding hydrogens is 582 g/mol. The predicted octanol–water partition coefficient (Wildman–Crippen LogP) is 4.79. The highest BCUT2D eigenvalue weighted by Gasteiger charge is 2.49. The van der Waals surface area contributed by atoms with Crippen LogP contribution in [0.3, 0.4) is 0 Å². The zero-order valence-corrected chi connectivity index (χ0v) is 24.3. The number of fused-ring (bicyclic) bond motifs is 1. The minimum Gasteiger partial charge on any atom is -0.459 e. The van der Waals surface area contributed by atoms with Crippen LogP contribution in [0.4, 0.5) is 5.82 Å². The second-order valence-electron chi connectivity index (χ2n) is 9.83. The number of anilines is 1. The van der Waals surface area contributed by atoms with E-state index in [1.807, 2.05) is 18.4 Å². The van der Waals surface area contributed by atoms with E-state index < -0.39 is 35.6 Å². The van der Waals surface area contributed by atoms with Gasteiger partial charge in [-0.3, -0.25) is 9.36 Å². The predicted molar refractivity (Wildman–Crippen MR) is 163 cm³/mol. The fraction of sp³-hybridized carbons (Fsp3) is 0.188. The second kappa shape index (κ2) is 13.1. The van der Waals surface area contributed by atoms with Crippen molar-refractivity contribution in [3.8, 4) is 0 Å². The highest BCUT2D eigenvalue weighted by Crippen LogP contribution is 2.41. The van der Waals surface area contributed by atoms with Crippen molar-refractivity contribution >= 4 is 46.6 Å². The molecule has 0 aliphatic carbocycles. The molecule has 3 heterocycles. The third-order valence-corrected chi connectivity index (χ3v) is 8.15. The van der Waals surface area contributed by atoms with Crippen molar-refractivity contribution < 1.29 is 28.6 Å². The van der Waals surface area contributed by atoms with Gasteiger partial charge in [0.2, 0.25) is 0 Å². The van der Waals surface area contributed by atoms with Gasteiger partial charge in [0.25, 0.3) is 5.91 Å². The molecule has 6 rings (SSSR count). The Kier molecular flexibility index (Phi) is 8.62. The number of imidazole rings is 1. The van der Waals surface area contributed by atoms with Gasteiger partial charge in [0.15, 0.2) is 17.7 Å². The third-order valence-electron chi connectivity index (χ3n) is 7.11. The summed E-state index contributed by atoms with van der Waals surface area (Å²) in [5.74, 6) is -1.18. The van der Waals surface area contributed by atoms with E-state index in [2.05, 4.69) is 20.3 Å². The van der Waals surface area contributed by atoms with Gasteiger partial charge in [-0.15, -0.1) is 0 Å². The van der Waals surface area contributed by atoms with Crippen LogP contribution < -0.4 is 5.32 Å². The normalized spacial score (nSPS) is 19.4. The lowest BCUT2D eigenvalue weighted by molar-refractivity contribution is -0.0561. The number of ether oxygens (including phenoxy) is 3. The summed E-state index contributed by atoms with van der Waals surface area (Å²) >= 11 is 1.42. The Hall–Kier alpha value is -5.07. The molecule has 1 N–H and O–H groups in total. The summed E-state index contributed by atoms with van der Waals surface area (Å²) in [6, 6.07) is 26.0. The van der Waals surface area contributed by atoms with Gasteiger partial charge in [-0.1, -0.05) is 54.6 Å². The molecule has 5 aromatic rings. The van der Waals surface area contributed by atoms with Crippen molar-refractivity contribution in [3.05, 3.63) is 120 Å². The zero-order chi connectivity index (χ0) is 30.5. The average molecular weight is 610 g/mol. The Morgan fingerprint density at radius 2 is 1.45 bits per heavy atom. The van der Waals surface area contributed by atoms with Gasteiger partial charge in [0.1, 0.15) is 30.7 Å². The molecule has 0 radical (unpaired) electrons. The number of thioether (sulfide) groups is 1. The topological polar surface area (TPSA) is 135 Å². The summed E-state index contributed by atoms with van der Waals surface area (Å²) in [5, 5.41) is 2.39. The minimum atomic E-state index is -0.817. The smallest absolute Gasteiger partial charge is 0.338 e. The fourth-order valence-corrected chi connectivity index (χ4v) is 5.90. The second-order valence-corrected chi connectivity index (χ2v) is 10.8. The monoisotopic (exact) mass is 609 g/mol. The van der Waals surface area contributed by atoms with Gasteiger partial charge in [-0.05, 0) is 42.7 Å². The zero-order valence-electron chi connectivity index (χ0n) is 23.5. The maximum atomic E-state index is 13.2. The lowest BCUT2D eigenvalue weighted by atomic mass is 10.1. The molecule has 1 amide bonds. The average Bonchev–Trinajstić information content (AvgIpc) is 3.66. The molecule has 0 spiro atoms. The molecule has 2 aromatic heterocycles. The molecule has 1 saturated heterocycles. The number of benzene rings is 3. The van der Waals surface area contributed by atoms with Crippen LogP contribution in [0.2, 0.25) is 0 Å². The lowest BCUT2D eigenvalue weighted by Crippen LogP contribution is -2.37. The van der Waals surface area contributed by atoms with Gasteiger partial charge in [-0.2, -0.15) is 11.8 Å². The Morgan fingerprint density at radius 1 is 0.841 bits per heavy atom. The number of aromatic nitrogens is 4. The van der Waals surface area contributed by atoms with Crippen LogP contribution >= 0.6 is 11.8 Å². The first-order valence-corrected chi connectivity index (χ1v) is 15.0. The van der Waals surface area contributed by atoms with E-state index in [0.717, 1.165) is 0 Å². The van der Waals surface area contributed by atoms with Crippen LogP contribution in [-0.4, -0.2) is 67.7 Å². The molecule has 1 aliphatic heterocycles. The quantitative estimate of drug-likeness (QED) is 0.233. The largest absolute Gasteiger partial charge is 0.459 e. The van der Waals surface area contributed by atoms with Crippen LogP contribution in [0.15, 0.2) is 104 Å². The van der Waals surface area contributed by atoms with E-state index >= 15 is 0 Å². The molecule has 1 aliphatic rings. The van der Waals surface area contributed by atoms with Crippen molar-refractivity contribution in [2.45, 2.75) is 23.7 Å². The standard InChI is InChI=1S/C32H27N5O6S/c1-44-26-25(43-32(40)22-15-9-4-10-16-22)23(17-41-31(39)21-13-7-3-8-14-21)42-30(26)37-19-35-27-24(37)28(34-18-33-27)36-29(38)20-11-5-2-6-12-20/h2-16,18-19,23,25-26,30H,17H2,1H3,(H,33,34,36,38)/t23-,25-,26-,30-/m0/s1. The van der Waals surface area contributed by atoms with Gasteiger partial charge in [0.05, 0.1) is 22.7 Å². The highest BCUT2D eigenvalue weighted by atomic mass is 32.2. The Bertz CT molecular complexity index is 1770. The number of carbonyl (C=O) groups excluding carboxylic acids is 3. The van der Waals surface area contributed by atoms with Crippen molar-refractivity contribution in [2.75, 3.05) is 18.2 Å². The van der Waals surface area contributed by atoms with E-state index in [1.54, 1.807) is 89.8 Å². The minimum absolute atomic E-state index is 0.172. The van der Waals surface area contributed by atoms with E-state index in [-0.39, 0.29) is 18.3 Å². The molecule has 4 atom stereocenters. The summed E-state index contributed by atoms with van der Waals surface area (Å²) < 4.78 is 19.8. The summed E-state index contributed by atoms with van der Waals surface area (Å²) in [6.07, 6.45) is 2.36. The molecule has 44 heavy (non-hydrogen) atoms. The summed E-state index contributed by atoms with van der Waals surface area (Å²) in [6.45, 7) is -0.172.